The maximum Gasteiger partial charge on any atom is 0.264 e. The van der Waals surface area contributed by atoms with E-state index < -0.39 is 13.1 Å². The van der Waals surface area contributed by atoms with E-state index in [9.17, 15) is 13.2 Å². The summed E-state index contributed by atoms with van der Waals surface area (Å²) in [4.78, 5) is 3.50. The molecule has 0 aliphatic carbocycles. The summed E-state index contributed by atoms with van der Waals surface area (Å²) in [6.45, 7) is -1.01. The Morgan fingerprint density at radius 2 is 2.17 bits per heavy atom. The normalized spacial score (nSPS) is 10.7. The minimum absolute atomic E-state index is 0.171. The van der Waals surface area contributed by atoms with Gasteiger partial charge < -0.3 is 5.73 Å². The van der Waals surface area contributed by atoms with Gasteiger partial charge in [-0.25, -0.2) is 18.2 Å². The van der Waals surface area contributed by atoms with Crippen LogP contribution in [-0.4, -0.2) is 4.98 Å². The van der Waals surface area contributed by atoms with Crippen molar-refractivity contribution in [1.29, 1.82) is 0 Å². The fourth-order valence-corrected chi connectivity index (χ4v) is 0.874. The molecule has 0 fully saturated rings. The van der Waals surface area contributed by atoms with E-state index in [1.54, 1.807) is 0 Å². The molecule has 0 bridgehead atoms. The number of hydrogen-bond acceptors (Lipinski definition) is 2. The standard InChI is InChI=1S/C7H7F3N2/c8-3-5-4(6(9)10)1-2-12-7(5)11/h1-2,6H,3H2,(H2,11,12). The monoisotopic (exact) mass is 176 g/mol. The quantitative estimate of drug-likeness (QED) is 0.749. The molecular weight excluding hydrogens is 169 g/mol. The van der Waals surface area contributed by atoms with Crippen LogP contribution in [-0.2, 0) is 6.67 Å². The highest BCUT2D eigenvalue weighted by Crippen LogP contribution is 2.25. The first-order valence-corrected chi connectivity index (χ1v) is 3.24. The van der Waals surface area contributed by atoms with E-state index in [0.717, 1.165) is 12.3 Å². The van der Waals surface area contributed by atoms with E-state index in [2.05, 4.69) is 4.98 Å². The summed E-state index contributed by atoms with van der Waals surface area (Å²) < 4.78 is 36.4. The Labute approximate surface area is 67.2 Å². The van der Waals surface area contributed by atoms with Crippen molar-refractivity contribution in [1.82, 2.24) is 4.98 Å². The van der Waals surface area contributed by atoms with E-state index in [1.807, 2.05) is 0 Å². The lowest BCUT2D eigenvalue weighted by Crippen LogP contribution is -2.01. The molecule has 0 radical (unpaired) electrons. The van der Waals surface area contributed by atoms with Gasteiger partial charge in [0.25, 0.3) is 6.43 Å². The van der Waals surface area contributed by atoms with E-state index >= 15 is 0 Å². The molecule has 66 valence electrons. The molecule has 1 rings (SSSR count). The van der Waals surface area contributed by atoms with Gasteiger partial charge in [-0.05, 0) is 6.07 Å². The Morgan fingerprint density at radius 3 is 2.58 bits per heavy atom. The number of nitrogens with zero attached hydrogens (tertiary/aromatic N) is 1. The van der Waals surface area contributed by atoms with Crippen LogP contribution in [0.15, 0.2) is 12.3 Å². The molecule has 0 saturated heterocycles. The fraction of sp³-hybridized carbons (Fsp3) is 0.286. The number of halogens is 3. The van der Waals surface area contributed by atoms with Crippen LogP contribution >= 0.6 is 0 Å². The van der Waals surface area contributed by atoms with Crippen molar-refractivity contribution < 1.29 is 13.2 Å². The summed E-state index contributed by atoms with van der Waals surface area (Å²) in [5.74, 6) is -0.171. The van der Waals surface area contributed by atoms with Crippen LogP contribution in [0.25, 0.3) is 0 Å². The molecule has 0 unspecified atom stereocenters. The van der Waals surface area contributed by atoms with Gasteiger partial charge in [-0.15, -0.1) is 0 Å². The van der Waals surface area contributed by atoms with E-state index in [1.165, 1.54) is 0 Å². The van der Waals surface area contributed by atoms with Crippen molar-refractivity contribution in [3.05, 3.63) is 23.4 Å². The first kappa shape index (κ1) is 8.83. The molecule has 0 aliphatic rings. The second-order valence-electron chi connectivity index (χ2n) is 2.20. The Kier molecular flexibility index (Phi) is 2.52. The molecular formula is C7H7F3N2. The van der Waals surface area contributed by atoms with Gasteiger partial charge in [-0.3, -0.25) is 0 Å². The molecule has 5 heteroatoms. The zero-order chi connectivity index (χ0) is 9.14. The minimum atomic E-state index is -2.71. The maximum atomic E-state index is 12.2. The predicted molar refractivity (Wildman–Crippen MR) is 38.4 cm³/mol. The molecule has 1 aromatic rings. The molecule has 2 nitrogen and oxygen atoms in total. The summed E-state index contributed by atoms with van der Waals surface area (Å²) in [7, 11) is 0. The lowest BCUT2D eigenvalue weighted by Gasteiger charge is -2.06. The number of nitrogen functional groups attached to an aromatic ring is 1. The van der Waals surface area contributed by atoms with Crippen LogP contribution in [0.5, 0.6) is 0 Å². The fourth-order valence-electron chi connectivity index (χ4n) is 0.874. The van der Waals surface area contributed by atoms with Gasteiger partial charge in [-0.2, -0.15) is 0 Å². The average molecular weight is 176 g/mol. The molecule has 0 atom stereocenters. The number of hydrogen-bond donors (Lipinski definition) is 1. The number of alkyl halides is 3. The third kappa shape index (κ3) is 1.49. The first-order chi connectivity index (χ1) is 5.66. The summed E-state index contributed by atoms with van der Waals surface area (Å²) >= 11 is 0. The predicted octanol–water partition coefficient (Wildman–Crippen LogP) is 2.07. The highest BCUT2D eigenvalue weighted by molar-refractivity contribution is 5.44. The smallest absolute Gasteiger partial charge is 0.264 e. The summed E-state index contributed by atoms with van der Waals surface area (Å²) in [6.07, 6.45) is -1.57. The minimum Gasteiger partial charge on any atom is -0.383 e. The van der Waals surface area contributed by atoms with Crippen molar-refractivity contribution in [2.75, 3.05) is 5.73 Å². The zero-order valence-corrected chi connectivity index (χ0v) is 6.10. The number of rotatable bonds is 2. The van der Waals surface area contributed by atoms with E-state index in [0.29, 0.717) is 0 Å². The molecule has 0 amide bonds. The van der Waals surface area contributed by atoms with Gasteiger partial charge in [0.15, 0.2) is 0 Å². The summed E-state index contributed by atoms with van der Waals surface area (Å²) in [5, 5.41) is 0. The van der Waals surface area contributed by atoms with E-state index in [4.69, 9.17) is 5.73 Å². The molecule has 0 aliphatic heterocycles. The Hall–Kier alpha value is -1.26. The molecule has 0 saturated carbocycles. The summed E-state index contributed by atoms with van der Waals surface area (Å²) in [6, 6.07) is 1.07. The van der Waals surface area contributed by atoms with Gasteiger partial charge in [0, 0.05) is 17.3 Å². The largest absolute Gasteiger partial charge is 0.383 e. The van der Waals surface area contributed by atoms with Crippen LogP contribution in [0, 0.1) is 0 Å². The van der Waals surface area contributed by atoms with Crippen molar-refractivity contribution in [3.8, 4) is 0 Å². The zero-order valence-electron chi connectivity index (χ0n) is 6.10. The molecule has 1 heterocycles. The molecule has 12 heavy (non-hydrogen) atoms. The number of anilines is 1. The number of pyridine rings is 1. The van der Waals surface area contributed by atoms with Crippen LogP contribution in [0.2, 0.25) is 0 Å². The number of nitrogens with two attached hydrogens (primary N) is 1. The van der Waals surface area contributed by atoms with Gasteiger partial charge >= 0.3 is 0 Å². The van der Waals surface area contributed by atoms with Crippen molar-refractivity contribution >= 4 is 5.82 Å². The molecule has 0 spiro atoms. The van der Waals surface area contributed by atoms with Crippen LogP contribution < -0.4 is 5.73 Å². The van der Waals surface area contributed by atoms with Crippen LogP contribution in [0.1, 0.15) is 17.6 Å². The van der Waals surface area contributed by atoms with Crippen molar-refractivity contribution in [2.45, 2.75) is 13.1 Å². The van der Waals surface area contributed by atoms with Gasteiger partial charge in [0.2, 0.25) is 0 Å². The topological polar surface area (TPSA) is 38.9 Å². The lowest BCUT2D eigenvalue weighted by atomic mass is 10.1. The van der Waals surface area contributed by atoms with Crippen LogP contribution in [0.3, 0.4) is 0 Å². The Morgan fingerprint density at radius 1 is 1.50 bits per heavy atom. The SMILES string of the molecule is Nc1nccc(C(F)F)c1CF. The van der Waals surface area contributed by atoms with Crippen molar-refractivity contribution in [2.24, 2.45) is 0 Å². The highest BCUT2D eigenvalue weighted by atomic mass is 19.3. The van der Waals surface area contributed by atoms with Crippen molar-refractivity contribution in [3.63, 3.8) is 0 Å². The Bertz CT molecular complexity index is 275. The Balaban J connectivity index is 3.18. The van der Waals surface area contributed by atoms with Crippen LogP contribution in [0.4, 0.5) is 19.0 Å². The van der Waals surface area contributed by atoms with Gasteiger partial charge in [0.05, 0.1) is 0 Å². The second-order valence-corrected chi connectivity index (χ2v) is 2.20. The third-order valence-corrected chi connectivity index (χ3v) is 1.49. The summed E-state index contributed by atoms with van der Waals surface area (Å²) in [5.41, 5.74) is 4.59. The van der Waals surface area contributed by atoms with E-state index in [-0.39, 0.29) is 16.9 Å². The highest BCUT2D eigenvalue weighted by Gasteiger charge is 2.14. The lowest BCUT2D eigenvalue weighted by molar-refractivity contribution is 0.149. The molecule has 1 aromatic heterocycles. The first-order valence-electron chi connectivity index (χ1n) is 3.24. The molecule has 0 aromatic carbocycles. The second kappa shape index (κ2) is 3.42. The molecule has 2 N–H and O–H groups in total. The average Bonchev–Trinajstić information content (AvgIpc) is 2.03. The van der Waals surface area contributed by atoms with Gasteiger partial charge in [-0.1, -0.05) is 0 Å². The van der Waals surface area contributed by atoms with Gasteiger partial charge in [0.1, 0.15) is 12.5 Å². The number of aromatic nitrogens is 1. The maximum absolute atomic E-state index is 12.2. The third-order valence-electron chi connectivity index (χ3n) is 1.49.